The Hall–Kier alpha value is -2.66. The highest BCUT2D eigenvalue weighted by atomic mass is 35.5. The summed E-state index contributed by atoms with van der Waals surface area (Å²) in [6.45, 7) is 3.08. The SMILES string of the molecule is CC1CCN(S(=O)(=O)c2ccc(NC(=O)c3ccc(S(=O)(=O)c4ccc(Cl)cc4)o3)cc2)CC1. The molecule has 0 spiro atoms. The number of carbonyl (C=O) groups excluding carboxylic acids is 1. The number of hydrogen-bond donors (Lipinski definition) is 1. The minimum atomic E-state index is -3.95. The molecule has 0 atom stereocenters. The van der Waals surface area contributed by atoms with Gasteiger partial charge in [-0.1, -0.05) is 18.5 Å². The number of anilines is 1. The lowest BCUT2D eigenvalue weighted by molar-refractivity contribution is 0.0991. The van der Waals surface area contributed by atoms with Crippen LogP contribution >= 0.6 is 11.6 Å². The van der Waals surface area contributed by atoms with Crippen LogP contribution in [0.1, 0.15) is 30.3 Å². The molecular formula is C23H23ClN2O6S2. The van der Waals surface area contributed by atoms with Crippen LogP contribution in [0.3, 0.4) is 0 Å². The molecule has 34 heavy (non-hydrogen) atoms. The van der Waals surface area contributed by atoms with Gasteiger partial charge < -0.3 is 9.73 Å². The maximum atomic E-state index is 12.8. The van der Waals surface area contributed by atoms with E-state index in [2.05, 4.69) is 12.2 Å². The van der Waals surface area contributed by atoms with Gasteiger partial charge in [0, 0.05) is 23.8 Å². The highest BCUT2D eigenvalue weighted by Gasteiger charge is 2.28. The molecule has 2 aromatic carbocycles. The summed E-state index contributed by atoms with van der Waals surface area (Å²) in [7, 11) is -7.55. The molecule has 2 heterocycles. The van der Waals surface area contributed by atoms with Crippen LogP contribution in [0.4, 0.5) is 5.69 Å². The van der Waals surface area contributed by atoms with Gasteiger partial charge in [-0.15, -0.1) is 0 Å². The second kappa shape index (κ2) is 9.53. The number of halogens is 1. The van der Waals surface area contributed by atoms with Gasteiger partial charge in [0.1, 0.15) is 0 Å². The molecule has 0 radical (unpaired) electrons. The molecule has 0 aliphatic carbocycles. The second-order valence-electron chi connectivity index (χ2n) is 8.14. The number of nitrogens with one attached hydrogen (secondary N) is 1. The fraction of sp³-hybridized carbons (Fsp3) is 0.261. The molecule has 1 fully saturated rings. The number of carbonyl (C=O) groups is 1. The average molecular weight is 523 g/mol. The molecule has 1 aliphatic rings. The maximum absolute atomic E-state index is 12.8. The first-order valence-corrected chi connectivity index (χ1v) is 13.9. The van der Waals surface area contributed by atoms with E-state index in [1.807, 2.05) is 0 Å². The molecule has 4 rings (SSSR count). The van der Waals surface area contributed by atoms with Crippen LogP contribution in [0.25, 0.3) is 0 Å². The molecule has 180 valence electrons. The minimum Gasteiger partial charge on any atom is -0.439 e. The largest absolute Gasteiger partial charge is 0.439 e. The zero-order valence-electron chi connectivity index (χ0n) is 18.3. The zero-order chi connectivity index (χ0) is 24.5. The number of rotatable bonds is 6. The molecule has 1 amide bonds. The predicted octanol–water partition coefficient (Wildman–Crippen LogP) is 4.44. The minimum absolute atomic E-state index is 0.0156. The monoisotopic (exact) mass is 522 g/mol. The molecule has 11 heteroatoms. The zero-order valence-corrected chi connectivity index (χ0v) is 20.7. The molecule has 0 saturated carbocycles. The van der Waals surface area contributed by atoms with Gasteiger partial charge in [-0.3, -0.25) is 4.79 Å². The van der Waals surface area contributed by atoms with Gasteiger partial charge in [-0.25, -0.2) is 16.8 Å². The summed E-state index contributed by atoms with van der Waals surface area (Å²) < 4.78 is 57.8. The lowest BCUT2D eigenvalue weighted by Gasteiger charge is -2.29. The number of furan rings is 1. The van der Waals surface area contributed by atoms with E-state index in [-0.39, 0.29) is 20.6 Å². The smallest absolute Gasteiger partial charge is 0.291 e. The summed E-state index contributed by atoms with van der Waals surface area (Å²) in [5.74, 6) is -0.364. The van der Waals surface area contributed by atoms with E-state index in [1.165, 1.54) is 65.0 Å². The Bertz CT molecular complexity index is 1390. The Balaban J connectivity index is 1.45. The van der Waals surface area contributed by atoms with E-state index in [1.54, 1.807) is 0 Å². The van der Waals surface area contributed by atoms with Crippen molar-refractivity contribution in [3.63, 3.8) is 0 Å². The predicted molar refractivity (Wildman–Crippen MR) is 127 cm³/mol. The van der Waals surface area contributed by atoms with E-state index in [0.29, 0.717) is 29.7 Å². The van der Waals surface area contributed by atoms with Crippen molar-refractivity contribution in [2.24, 2.45) is 5.92 Å². The summed E-state index contributed by atoms with van der Waals surface area (Å²) in [5, 5.41) is 2.59. The van der Waals surface area contributed by atoms with Crippen molar-refractivity contribution in [2.75, 3.05) is 18.4 Å². The van der Waals surface area contributed by atoms with E-state index in [0.717, 1.165) is 12.8 Å². The van der Waals surface area contributed by atoms with Crippen molar-refractivity contribution in [2.45, 2.75) is 34.6 Å². The van der Waals surface area contributed by atoms with Crippen LogP contribution in [0, 0.1) is 5.92 Å². The number of piperidine rings is 1. The number of benzene rings is 2. The molecule has 0 unspecified atom stereocenters. The third-order valence-corrected chi connectivity index (χ3v) is 9.49. The molecule has 0 bridgehead atoms. The Morgan fingerprint density at radius 3 is 2.12 bits per heavy atom. The van der Waals surface area contributed by atoms with Gasteiger partial charge in [0.2, 0.25) is 25.0 Å². The molecule has 1 aliphatic heterocycles. The Kier molecular flexibility index (Phi) is 6.86. The first-order valence-electron chi connectivity index (χ1n) is 10.6. The van der Waals surface area contributed by atoms with Gasteiger partial charge in [0.25, 0.3) is 5.91 Å². The lowest BCUT2D eigenvalue weighted by atomic mass is 10.0. The fourth-order valence-corrected chi connectivity index (χ4v) is 6.36. The van der Waals surface area contributed by atoms with Crippen LogP contribution < -0.4 is 5.32 Å². The highest BCUT2D eigenvalue weighted by molar-refractivity contribution is 7.91. The van der Waals surface area contributed by atoms with Crippen LogP contribution in [0.15, 0.2) is 80.0 Å². The van der Waals surface area contributed by atoms with Crippen LogP contribution in [-0.2, 0) is 19.9 Å². The number of amides is 1. The summed E-state index contributed by atoms with van der Waals surface area (Å²) in [5.41, 5.74) is 0.342. The summed E-state index contributed by atoms with van der Waals surface area (Å²) in [6.07, 6.45) is 1.65. The molecule has 1 N–H and O–H groups in total. The summed E-state index contributed by atoms with van der Waals surface area (Å²) in [6, 6.07) is 13.9. The second-order valence-corrected chi connectivity index (χ2v) is 12.4. The first-order chi connectivity index (χ1) is 16.1. The lowest BCUT2D eigenvalue weighted by Crippen LogP contribution is -2.37. The molecule has 1 aromatic heterocycles. The van der Waals surface area contributed by atoms with Crippen molar-refractivity contribution in [1.82, 2.24) is 4.31 Å². The van der Waals surface area contributed by atoms with Gasteiger partial charge in [0.15, 0.2) is 5.76 Å². The van der Waals surface area contributed by atoms with Gasteiger partial charge in [-0.05, 0) is 79.4 Å². The average Bonchev–Trinajstić information content (AvgIpc) is 3.32. The molecule has 8 nitrogen and oxygen atoms in total. The quantitative estimate of drug-likeness (QED) is 0.512. The van der Waals surface area contributed by atoms with Crippen molar-refractivity contribution >= 4 is 43.1 Å². The van der Waals surface area contributed by atoms with Gasteiger partial charge in [0.05, 0.1) is 9.79 Å². The van der Waals surface area contributed by atoms with Gasteiger partial charge in [-0.2, -0.15) is 4.31 Å². The van der Waals surface area contributed by atoms with Crippen molar-refractivity contribution < 1.29 is 26.0 Å². The normalized spacial score (nSPS) is 15.8. The number of sulfone groups is 1. The highest BCUT2D eigenvalue weighted by Crippen LogP contribution is 2.26. The Morgan fingerprint density at radius 2 is 1.50 bits per heavy atom. The number of hydrogen-bond acceptors (Lipinski definition) is 6. The van der Waals surface area contributed by atoms with E-state index in [9.17, 15) is 21.6 Å². The molecular weight excluding hydrogens is 500 g/mol. The first kappa shape index (κ1) is 24.5. The fourth-order valence-electron chi connectivity index (χ4n) is 3.59. The Labute approximate surface area is 203 Å². The van der Waals surface area contributed by atoms with Crippen LogP contribution in [-0.4, -0.2) is 40.1 Å². The number of sulfonamides is 1. The molecule has 3 aromatic rings. The molecule has 1 saturated heterocycles. The van der Waals surface area contributed by atoms with E-state index < -0.39 is 25.8 Å². The standard InChI is InChI=1S/C23H23ClN2O6S2/c1-16-12-14-26(15-13-16)34(30,31)20-8-4-18(5-9-20)25-23(27)21-10-11-22(32-21)33(28,29)19-6-2-17(24)3-7-19/h2-11,16H,12-15H2,1H3,(H,25,27). The topological polar surface area (TPSA) is 114 Å². The maximum Gasteiger partial charge on any atom is 0.291 e. The van der Waals surface area contributed by atoms with Crippen LogP contribution in [0.5, 0.6) is 0 Å². The third kappa shape index (κ3) is 5.05. The van der Waals surface area contributed by atoms with Crippen molar-refractivity contribution in [1.29, 1.82) is 0 Å². The van der Waals surface area contributed by atoms with E-state index in [4.69, 9.17) is 16.0 Å². The van der Waals surface area contributed by atoms with Crippen molar-refractivity contribution in [3.05, 3.63) is 71.4 Å². The van der Waals surface area contributed by atoms with Crippen molar-refractivity contribution in [3.8, 4) is 0 Å². The third-order valence-electron chi connectivity index (χ3n) is 5.69. The summed E-state index contributed by atoms with van der Waals surface area (Å²) >= 11 is 5.80. The van der Waals surface area contributed by atoms with Crippen LogP contribution in [0.2, 0.25) is 5.02 Å². The number of nitrogens with zero attached hydrogens (tertiary/aromatic N) is 1. The van der Waals surface area contributed by atoms with Gasteiger partial charge >= 0.3 is 0 Å². The Morgan fingerprint density at radius 1 is 0.912 bits per heavy atom. The summed E-state index contributed by atoms with van der Waals surface area (Å²) in [4.78, 5) is 12.7. The van der Waals surface area contributed by atoms with E-state index >= 15 is 0 Å².